The molecule has 1 saturated heterocycles. The molecule has 6 rings (SSSR count). The maximum atomic E-state index is 12.9. The number of nitrogens with zero attached hydrogens (tertiary/aromatic N) is 5. The number of carbonyl (C=O) groups is 1. The van der Waals surface area contributed by atoms with Gasteiger partial charge in [-0.1, -0.05) is 43.1 Å². The van der Waals surface area contributed by atoms with E-state index in [2.05, 4.69) is 33.8 Å². The Hall–Kier alpha value is -3.17. The van der Waals surface area contributed by atoms with Gasteiger partial charge in [0, 0.05) is 54.7 Å². The van der Waals surface area contributed by atoms with Gasteiger partial charge in [-0.05, 0) is 55.2 Å². The highest BCUT2D eigenvalue weighted by atomic mass is 35.5. The van der Waals surface area contributed by atoms with Gasteiger partial charge in [0.1, 0.15) is 17.0 Å². The first-order chi connectivity index (χ1) is 17.6. The number of aromatic nitrogens is 2. The number of pyridine rings is 2. The fourth-order valence-corrected chi connectivity index (χ4v) is 5.74. The van der Waals surface area contributed by atoms with Gasteiger partial charge in [-0.15, -0.1) is 0 Å². The van der Waals surface area contributed by atoms with E-state index in [0.717, 1.165) is 78.5 Å². The Morgan fingerprint density at radius 2 is 2.00 bits per heavy atom. The molecular formula is C29H30ClN5O. The SMILES string of the molecule is CCC[C@@H]1CN(c2nc(C3CC3)c(-c3cccc4cnc(Cl)cc34)cc2C#N)CCN1C(=O)C1CC1. The van der Waals surface area contributed by atoms with E-state index in [9.17, 15) is 10.1 Å². The summed E-state index contributed by atoms with van der Waals surface area (Å²) >= 11 is 6.26. The summed E-state index contributed by atoms with van der Waals surface area (Å²) in [5.41, 5.74) is 3.70. The van der Waals surface area contributed by atoms with Crippen molar-refractivity contribution in [2.45, 2.75) is 57.4 Å². The lowest BCUT2D eigenvalue weighted by Crippen LogP contribution is -2.56. The van der Waals surface area contributed by atoms with Gasteiger partial charge in [0.25, 0.3) is 0 Å². The van der Waals surface area contributed by atoms with Crippen LogP contribution in [-0.2, 0) is 4.79 Å². The number of nitriles is 1. The zero-order valence-electron chi connectivity index (χ0n) is 20.6. The zero-order valence-corrected chi connectivity index (χ0v) is 21.3. The van der Waals surface area contributed by atoms with Crippen molar-refractivity contribution in [3.05, 3.63) is 52.9 Å². The first-order valence-corrected chi connectivity index (χ1v) is 13.5. The predicted molar refractivity (Wildman–Crippen MR) is 142 cm³/mol. The third-order valence-corrected chi connectivity index (χ3v) is 7.96. The van der Waals surface area contributed by atoms with Crippen molar-refractivity contribution >= 4 is 34.1 Å². The Balaban J connectivity index is 1.40. The molecule has 3 aromatic rings. The van der Waals surface area contributed by atoms with E-state index >= 15 is 0 Å². The van der Waals surface area contributed by atoms with Crippen LogP contribution in [-0.4, -0.2) is 46.5 Å². The normalized spacial score (nSPS) is 20.0. The van der Waals surface area contributed by atoms with Crippen LogP contribution in [0, 0.1) is 17.2 Å². The Morgan fingerprint density at radius 3 is 2.72 bits per heavy atom. The highest BCUT2D eigenvalue weighted by molar-refractivity contribution is 6.30. The summed E-state index contributed by atoms with van der Waals surface area (Å²) < 4.78 is 0. The van der Waals surface area contributed by atoms with Gasteiger partial charge < -0.3 is 9.80 Å². The first kappa shape index (κ1) is 23.2. The average Bonchev–Trinajstić information content (AvgIpc) is 3.81. The topological polar surface area (TPSA) is 73.1 Å². The average molecular weight is 500 g/mol. The Labute approximate surface area is 216 Å². The number of hydrogen-bond donors (Lipinski definition) is 0. The molecule has 6 nitrogen and oxygen atoms in total. The van der Waals surface area contributed by atoms with E-state index in [4.69, 9.17) is 16.6 Å². The number of fused-ring (bicyclic) bond motifs is 1. The van der Waals surface area contributed by atoms with Crippen LogP contribution in [0.1, 0.15) is 62.6 Å². The van der Waals surface area contributed by atoms with Crippen molar-refractivity contribution in [1.29, 1.82) is 5.26 Å². The molecule has 2 saturated carbocycles. The molecule has 0 spiro atoms. The van der Waals surface area contributed by atoms with Crippen LogP contribution in [0.25, 0.3) is 21.9 Å². The van der Waals surface area contributed by atoms with Crippen molar-refractivity contribution in [3.8, 4) is 17.2 Å². The van der Waals surface area contributed by atoms with Crippen molar-refractivity contribution in [1.82, 2.24) is 14.9 Å². The van der Waals surface area contributed by atoms with Gasteiger partial charge in [0.2, 0.25) is 5.91 Å². The summed E-state index contributed by atoms with van der Waals surface area (Å²) in [5.74, 6) is 1.72. The molecule has 7 heteroatoms. The summed E-state index contributed by atoms with van der Waals surface area (Å²) in [6.07, 6.45) is 8.06. The number of rotatable bonds is 6. The van der Waals surface area contributed by atoms with Gasteiger partial charge >= 0.3 is 0 Å². The van der Waals surface area contributed by atoms with Crippen LogP contribution in [0.5, 0.6) is 0 Å². The molecule has 3 aliphatic rings. The van der Waals surface area contributed by atoms with Crippen LogP contribution in [0.15, 0.2) is 36.5 Å². The van der Waals surface area contributed by atoms with E-state index in [1.807, 2.05) is 24.3 Å². The van der Waals surface area contributed by atoms with Crippen molar-refractivity contribution in [3.63, 3.8) is 0 Å². The maximum absolute atomic E-state index is 12.9. The summed E-state index contributed by atoms with van der Waals surface area (Å²) in [6.45, 7) is 4.30. The molecule has 0 N–H and O–H groups in total. The number of halogens is 1. The second kappa shape index (κ2) is 9.37. The molecule has 2 aliphatic carbocycles. The van der Waals surface area contributed by atoms with Crippen molar-refractivity contribution in [2.24, 2.45) is 5.92 Å². The molecule has 2 aromatic heterocycles. The predicted octanol–water partition coefficient (Wildman–Crippen LogP) is 5.93. The van der Waals surface area contributed by atoms with Crippen molar-refractivity contribution in [2.75, 3.05) is 24.5 Å². The van der Waals surface area contributed by atoms with Crippen LogP contribution in [0.4, 0.5) is 5.82 Å². The molecule has 3 heterocycles. The lowest BCUT2D eigenvalue weighted by atomic mass is 9.95. The fraction of sp³-hybridized carbons (Fsp3) is 0.448. The number of piperazine rings is 1. The molecule has 184 valence electrons. The Bertz CT molecular complexity index is 1370. The summed E-state index contributed by atoms with van der Waals surface area (Å²) in [5, 5.41) is 12.7. The minimum Gasteiger partial charge on any atom is -0.352 e. The third-order valence-electron chi connectivity index (χ3n) is 7.75. The lowest BCUT2D eigenvalue weighted by Gasteiger charge is -2.42. The standard InChI is InChI=1S/C29H30ClN5O/c1-2-4-22-17-34(11-12-35(22)29(36)19-9-10-19)28-21(15-31)13-25(27(33-28)18-7-8-18)23-6-3-5-20-16-32-26(30)14-24(20)23/h3,5-6,13-14,16,18-19,22H,2,4,7-12,17H2,1H3/t22-/m1/s1. The smallest absolute Gasteiger partial charge is 0.226 e. The van der Waals surface area contributed by atoms with Gasteiger partial charge in [-0.3, -0.25) is 4.79 Å². The van der Waals surface area contributed by atoms with E-state index in [0.29, 0.717) is 35.6 Å². The number of carbonyl (C=O) groups excluding carboxylic acids is 1. The van der Waals surface area contributed by atoms with Gasteiger partial charge in [-0.2, -0.15) is 5.26 Å². The number of amides is 1. The summed E-state index contributed by atoms with van der Waals surface area (Å²) in [7, 11) is 0. The quantitative estimate of drug-likeness (QED) is 0.393. The minimum atomic E-state index is 0.168. The molecule has 1 aromatic carbocycles. The highest BCUT2D eigenvalue weighted by Gasteiger charge is 2.39. The molecule has 1 amide bonds. The third kappa shape index (κ3) is 4.30. The summed E-state index contributed by atoms with van der Waals surface area (Å²) in [4.78, 5) is 26.7. The highest BCUT2D eigenvalue weighted by Crippen LogP contribution is 2.46. The van der Waals surface area contributed by atoms with Gasteiger partial charge in [-0.25, -0.2) is 9.97 Å². The monoisotopic (exact) mass is 499 g/mol. The molecule has 0 unspecified atom stereocenters. The second-order valence-electron chi connectivity index (χ2n) is 10.4. The Kier molecular flexibility index (Phi) is 6.05. The number of benzene rings is 1. The van der Waals surface area contributed by atoms with E-state index in [-0.39, 0.29) is 12.0 Å². The molecule has 1 aliphatic heterocycles. The van der Waals surface area contributed by atoms with E-state index < -0.39 is 0 Å². The molecule has 3 fully saturated rings. The van der Waals surface area contributed by atoms with Crippen LogP contribution < -0.4 is 4.90 Å². The molecule has 36 heavy (non-hydrogen) atoms. The van der Waals surface area contributed by atoms with Gasteiger partial charge in [0.15, 0.2) is 0 Å². The van der Waals surface area contributed by atoms with E-state index in [1.54, 1.807) is 6.20 Å². The van der Waals surface area contributed by atoms with Gasteiger partial charge in [0.05, 0.1) is 11.3 Å². The molecule has 0 bridgehead atoms. The number of anilines is 1. The summed E-state index contributed by atoms with van der Waals surface area (Å²) in [6, 6.07) is 12.7. The molecule has 1 atom stereocenters. The van der Waals surface area contributed by atoms with Crippen LogP contribution in [0.3, 0.4) is 0 Å². The Morgan fingerprint density at radius 1 is 1.17 bits per heavy atom. The zero-order chi connectivity index (χ0) is 24.8. The van der Waals surface area contributed by atoms with Crippen molar-refractivity contribution < 1.29 is 4.79 Å². The molecule has 0 radical (unpaired) electrons. The van der Waals surface area contributed by atoms with E-state index in [1.165, 1.54) is 0 Å². The second-order valence-corrected chi connectivity index (χ2v) is 10.8. The fourth-order valence-electron chi connectivity index (χ4n) is 5.59. The first-order valence-electron chi connectivity index (χ1n) is 13.1. The maximum Gasteiger partial charge on any atom is 0.226 e. The largest absolute Gasteiger partial charge is 0.352 e. The van der Waals surface area contributed by atoms with Crippen LogP contribution in [0.2, 0.25) is 5.15 Å². The van der Waals surface area contributed by atoms with Crippen LogP contribution >= 0.6 is 11.6 Å². The molecular weight excluding hydrogens is 470 g/mol. The lowest BCUT2D eigenvalue weighted by molar-refractivity contribution is -0.135. The minimum absolute atomic E-state index is 0.168. The number of hydrogen-bond acceptors (Lipinski definition) is 5.